The predicted molar refractivity (Wildman–Crippen MR) is 105 cm³/mol. The Morgan fingerprint density at radius 3 is 2.27 bits per heavy atom. The lowest BCUT2D eigenvalue weighted by Gasteiger charge is -2.08. The number of benzene rings is 3. The molecule has 1 amide bonds. The first-order valence-corrected chi connectivity index (χ1v) is 8.24. The molecule has 0 fully saturated rings. The summed E-state index contributed by atoms with van der Waals surface area (Å²) in [5.41, 5.74) is 2.18. The van der Waals surface area contributed by atoms with Crippen LogP contribution in [0.3, 0.4) is 0 Å². The summed E-state index contributed by atoms with van der Waals surface area (Å²) in [4.78, 5) is 23.5. The molecule has 0 heterocycles. The highest BCUT2D eigenvalue weighted by atomic mass is 16.5. The molecule has 0 radical (unpaired) electrons. The molecule has 0 bridgehead atoms. The van der Waals surface area contributed by atoms with E-state index in [1.54, 1.807) is 37.5 Å². The SMILES string of the molecule is COc1ccc(/C=C/C(=O)c2ccc(NC(C)=O)cc2)c2ccccc12. The number of carbonyl (C=O) groups excluding carboxylic acids is 2. The van der Waals surface area contributed by atoms with E-state index in [1.807, 2.05) is 42.5 Å². The summed E-state index contributed by atoms with van der Waals surface area (Å²) in [7, 11) is 1.64. The number of fused-ring (bicyclic) bond motifs is 1. The molecule has 130 valence electrons. The van der Waals surface area contributed by atoms with Crippen molar-refractivity contribution in [2.75, 3.05) is 12.4 Å². The van der Waals surface area contributed by atoms with Gasteiger partial charge in [-0.2, -0.15) is 0 Å². The van der Waals surface area contributed by atoms with Crippen molar-refractivity contribution >= 4 is 34.2 Å². The molecule has 0 aliphatic heterocycles. The number of nitrogens with one attached hydrogen (secondary N) is 1. The Balaban J connectivity index is 1.85. The molecule has 0 aliphatic rings. The average molecular weight is 345 g/mol. The predicted octanol–water partition coefficient (Wildman–Crippen LogP) is 4.70. The Kier molecular flexibility index (Phi) is 5.13. The van der Waals surface area contributed by atoms with Gasteiger partial charge < -0.3 is 10.1 Å². The van der Waals surface area contributed by atoms with Crippen molar-refractivity contribution in [3.63, 3.8) is 0 Å². The summed E-state index contributed by atoms with van der Waals surface area (Å²) in [5.74, 6) is 0.562. The maximum Gasteiger partial charge on any atom is 0.221 e. The Bertz CT molecular complexity index is 988. The van der Waals surface area contributed by atoms with Crippen LogP contribution in [0.25, 0.3) is 16.8 Å². The molecule has 0 unspecified atom stereocenters. The molecule has 4 heteroatoms. The summed E-state index contributed by atoms with van der Waals surface area (Å²) < 4.78 is 5.40. The van der Waals surface area contributed by atoms with Crippen LogP contribution in [0.4, 0.5) is 5.69 Å². The normalized spacial score (nSPS) is 10.8. The maximum atomic E-state index is 12.4. The van der Waals surface area contributed by atoms with E-state index in [4.69, 9.17) is 4.74 Å². The second kappa shape index (κ2) is 7.66. The van der Waals surface area contributed by atoms with Crippen LogP contribution in [-0.4, -0.2) is 18.8 Å². The first-order valence-electron chi connectivity index (χ1n) is 8.24. The zero-order valence-electron chi connectivity index (χ0n) is 14.7. The number of amides is 1. The zero-order valence-corrected chi connectivity index (χ0v) is 14.7. The molecule has 0 aliphatic carbocycles. The Hall–Kier alpha value is -3.40. The quantitative estimate of drug-likeness (QED) is 0.538. The Labute approximate surface area is 152 Å². The third-order valence-electron chi connectivity index (χ3n) is 4.04. The van der Waals surface area contributed by atoms with Crippen LogP contribution < -0.4 is 10.1 Å². The van der Waals surface area contributed by atoms with Crippen LogP contribution in [0.5, 0.6) is 5.75 Å². The minimum atomic E-state index is -0.143. The first-order chi connectivity index (χ1) is 12.6. The zero-order chi connectivity index (χ0) is 18.5. The van der Waals surface area contributed by atoms with Crippen LogP contribution in [-0.2, 0) is 4.79 Å². The molecule has 0 spiro atoms. The molecular formula is C22H19NO3. The molecule has 4 nitrogen and oxygen atoms in total. The molecule has 26 heavy (non-hydrogen) atoms. The van der Waals surface area contributed by atoms with Crippen LogP contribution in [0.15, 0.2) is 66.7 Å². The van der Waals surface area contributed by atoms with Crippen molar-refractivity contribution in [2.45, 2.75) is 6.92 Å². The maximum absolute atomic E-state index is 12.4. The molecule has 0 saturated carbocycles. The van der Waals surface area contributed by atoms with Crippen molar-refractivity contribution < 1.29 is 14.3 Å². The van der Waals surface area contributed by atoms with E-state index in [2.05, 4.69) is 5.32 Å². The summed E-state index contributed by atoms with van der Waals surface area (Å²) in [6, 6.07) is 18.6. The topological polar surface area (TPSA) is 55.4 Å². The first kappa shape index (κ1) is 17.4. The number of hydrogen-bond donors (Lipinski definition) is 1. The number of anilines is 1. The second-order valence-electron chi connectivity index (χ2n) is 5.86. The van der Waals surface area contributed by atoms with E-state index in [-0.39, 0.29) is 11.7 Å². The smallest absolute Gasteiger partial charge is 0.221 e. The molecule has 3 aromatic carbocycles. The number of methoxy groups -OCH3 is 1. The number of carbonyl (C=O) groups is 2. The lowest BCUT2D eigenvalue weighted by Crippen LogP contribution is -2.05. The second-order valence-corrected chi connectivity index (χ2v) is 5.86. The average Bonchev–Trinajstić information content (AvgIpc) is 2.66. The van der Waals surface area contributed by atoms with E-state index < -0.39 is 0 Å². The Morgan fingerprint density at radius 1 is 0.923 bits per heavy atom. The standard InChI is InChI=1S/C22H19NO3/c1-15(24)23-18-11-7-17(8-12-18)21(25)13-9-16-10-14-22(26-2)20-6-4-3-5-19(16)20/h3-14H,1-2H3,(H,23,24)/b13-9+. The van der Waals surface area contributed by atoms with Gasteiger partial charge in [-0.05, 0) is 47.4 Å². The molecule has 0 aromatic heterocycles. The number of allylic oxidation sites excluding steroid dienone is 1. The lowest BCUT2D eigenvalue weighted by atomic mass is 10.0. The molecule has 0 atom stereocenters. The van der Waals surface area contributed by atoms with E-state index in [9.17, 15) is 9.59 Å². The third kappa shape index (κ3) is 3.81. The number of ketones is 1. The number of rotatable bonds is 5. The van der Waals surface area contributed by atoms with E-state index in [0.717, 1.165) is 22.1 Å². The largest absolute Gasteiger partial charge is 0.496 e. The fourth-order valence-electron chi connectivity index (χ4n) is 2.80. The van der Waals surface area contributed by atoms with E-state index >= 15 is 0 Å². The fraction of sp³-hybridized carbons (Fsp3) is 0.0909. The Morgan fingerprint density at radius 2 is 1.62 bits per heavy atom. The molecule has 1 N–H and O–H groups in total. The summed E-state index contributed by atoms with van der Waals surface area (Å²) in [5, 5.41) is 4.71. The minimum absolute atomic E-state index is 0.0979. The lowest BCUT2D eigenvalue weighted by molar-refractivity contribution is -0.114. The van der Waals surface area contributed by atoms with Gasteiger partial charge in [0.25, 0.3) is 0 Å². The van der Waals surface area contributed by atoms with Crippen molar-refractivity contribution in [1.29, 1.82) is 0 Å². The van der Waals surface area contributed by atoms with Gasteiger partial charge in [-0.25, -0.2) is 0 Å². The van der Waals surface area contributed by atoms with Gasteiger partial charge >= 0.3 is 0 Å². The third-order valence-corrected chi connectivity index (χ3v) is 4.04. The molecular weight excluding hydrogens is 326 g/mol. The minimum Gasteiger partial charge on any atom is -0.496 e. The van der Waals surface area contributed by atoms with Crippen LogP contribution in [0.1, 0.15) is 22.8 Å². The fourth-order valence-corrected chi connectivity index (χ4v) is 2.80. The van der Waals surface area contributed by atoms with E-state index in [0.29, 0.717) is 11.3 Å². The van der Waals surface area contributed by atoms with Crippen LogP contribution in [0, 0.1) is 0 Å². The molecule has 0 saturated heterocycles. The van der Waals surface area contributed by atoms with Gasteiger partial charge in [-0.15, -0.1) is 0 Å². The van der Waals surface area contributed by atoms with Crippen molar-refractivity contribution in [1.82, 2.24) is 0 Å². The van der Waals surface area contributed by atoms with E-state index in [1.165, 1.54) is 6.92 Å². The van der Waals surface area contributed by atoms with Gasteiger partial charge in [0, 0.05) is 23.6 Å². The summed E-state index contributed by atoms with van der Waals surface area (Å²) in [6.45, 7) is 1.45. The van der Waals surface area contributed by atoms with Crippen molar-refractivity contribution in [2.24, 2.45) is 0 Å². The van der Waals surface area contributed by atoms with Gasteiger partial charge in [0.15, 0.2) is 5.78 Å². The summed E-state index contributed by atoms with van der Waals surface area (Å²) >= 11 is 0. The molecule has 3 rings (SSSR count). The van der Waals surface area contributed by atoms with Gasteiger partial charge in [0.05, 0.1) is 7.11 Å². The number of ether oxygens (including phenoxy) is 1. The van der Waals surface area contributed by atoms with Gasteiger partial charge in [-0.1, -0.05) is 36.4 Å². The monoisotopic (exact) mass is 345 g/mol. The molecule has 3 aromatic rings. The number of hydrogen-bond acceptors (Lipinski definition) is 3. The highest BCUT2D eigenvalue weighted by Crippen LogP contribution is 2.29. The van der Waals surface area contributed by atoms with Gasteiger partial charge in [0.2, 0.25) is 5.91 Å². The van der Waals surface area contributed by atoms with Crippen molar-refractivity contribution in [3.8, 4) is 5.75 Å². The van der Waals surface area contributed by atoms with Crippen molar-refractivity contribution in [3.05, 3.63) is 77.9 Å². The van der Waals surface area contributed by atoms with Crippen LogP contribution >= 0.6 is 0 Å². The van der Waals surface area contributed by atoms with Crippen LogP contribution in [0.2, 0.25) is 0 Å². The highest BCUT2D eigenvalue weighted by Gasteiger charge is 2.06. The summed E-state index contributed by atoms with van der Waals surface area (Å²) in [6.07, 6.45) is 3.37. The highest BCUT2D eigenvalue weighted by molar-refractivity contribution is 6.08. The van der Waals surface area contributed by atoms with Gasteiger partial charge in [0.1, 0.15) is 5.75 Å². The van der Waals surface area contributed by atoms with Gasteiger partial charge in [-0.3, -0.25) is 9.59 Å².